The van der Waals surface area contributed by atoms with Crippen LogP contribution in [0.4, 0.5) is 14.5 Å². The van der Waals surface area contributed by atoms with E-state index in [0.29, 0.717) is 22.6 Å². The number of alkyl halides is 2. The summed E-state index contributed by atoms with van der Waals surface area (Å²) in [5.74, 6) is -1.65. The summed E-state index contributed by atoms with van der Waals surface area (Å²) in [6, 6.07) is 7.30. The summed E-state index contributed by atoms with van der Waals surface area (Å²) < 4.78 is 24.8. The van der Waals surface area contributed by atoms with Crippen molar-refractivity contribution >= 4 is 17.4 Å². The zero-order valence-corrected chi connectivity index (χ0v) is 10.5. The van der Waals surface area contributed by atoms with E-state index >= 15 is 0 Å². The van der Waals surface area contributed by atoms with Gasteiger partial charge in [-0.05, 0) is 30.9 Å². The number of hydrogen-bond acceptors (Lipinski definition) is 2. The van der Waals surface area contributed by atoms with Gasteiger partial charge in [0.25, 0.3) is 5.76 Å². The van der Waals surface area contributed by atoms with Gasteiger partial charge in [0.15, 0.2) is 0 Å². The van der Waals surface area contributed by atoms with Crippen LogP contribution in [0.1, 0.15) is 25.7 Å². The molecule has 2 rings (SSSR count). The van der Waals surface area contributed by atoms with E-state index in [-0.39, 0.29) is 0 Å². The van der Waals surface area contributed by atoms with E-state index in [1.165, 1.54) is 25.7 Å². The molecule has 1 fully saturated rings. The van der Waals surface area contributed by atoms with Crippen molar-refractivity contribution in [3.05, 3.63) is 24.3 Å². The fraction of sp³-hybridized carbons (Fsp3) is 0.538. The van der Waals surface area contributed by atoms with Crippen LogP contribution < -0.4 is 5.32 Å². The van der Waals surface area contributed by atoms with Crippen LogP contribution in [-0.2, 0) is 0 Å². The second-order valence-corrected chi connectivity index (χ2v) is 5.44. The maximum absolute atomic E-state index is 12.4. The Morgan fingerprint density at radius 1 is 1.24 bits per heavy atom. The molecule has 17 heavy (non-hydrogen) atoms. The van der Waals surface area contributed by atoms with Gasteiger partial charge >= 0.3 is 0 Å². The van der Waals surface area contributed by atoms with Crippen LogP contribution in [0.2, 0.25) is 0 Å². The third-order valence-corrected chi connectivity index (χ3v) is 3.95. The summed E-state index contributed by atoms with van der Waals surface area (Å²) in [5.41, 5.74) is 0.838. The molecule has 1 aromatic rings. The first-order valence-electron chi connectivity index (χ1n) is 6.03. The second-order valence-electron chi connectivity index (χ2n) is 4.41. The van der Waals surface area contributed by atoms with Crippen LogP contribution in [-0.4, -0.2) is 12.3 Å². The Morgan fingerprint density at radius 3 is 2.65 bits per heavy atom. The number of rotatable bonds is 5. The number of benzene rings is 1. The first kappa shape index (κ1) is 12.7. The van der Waals surface area contributed by atoms with Gasteiger partial charge in [-0.15, -0.1) is 0 Å². The molecule has 0 aromatic heterocycles. The van der Waals surface area contributed by atoms with E-state index in [1.807, 2.05) is 12.1 Å². The summed E-state index contributed by atoms with van der Waals surface area (Å²) in [6.45, 7) is 0.904. The minimum atomic E-state index is -2.36. The zero-order valence-electron chi connectivity index (χ0n) is 9.66. The largest absolute Gasteiger partial charge is 0.384 e. The van der Waals surface area contributed by atoms with Crippen molar-refractivity contribution < 1.29 is 8.78 Å². The molecule has 1 aliphatic rings. The van der Waals surface area contributed by atoms with Gasteiger partial charge in [-0.1, -0.05) is 36.7 Å². The maximum Gasteiger partial charge on any atom is 0.288 e. The van der Waals surface area contributed by atoms with Crippen molar-refractivity contribution in [1.29, 1.82) is 0 Å². The molecular formula is C13H17F2NS. The summed E-state index contributed by atoms with van der Waals surface area (Å²) in [6.07, 6.45) is 5.13. The van der Waals surface area contributed by atoms with Crippen molar-refractivity contribution in [2.75, 3.05) is 11.9 Å². The lowest BCUT2D eigenvalue weighted by Gasteiger charge is -2.14. The Kier molecular flexibility index (Phi) is 4.66. The van der Waals surface area contributed by atoms with Crippen LogP contribution in [0, 0.1) is 5.92 Å². The van der Waals surface area contributed by atoms with Crippen LogP contribution in [0.25, 0.3) is 0 Å². The smallest absolute Gasteiger partial charge is 0.288 e. The number of thioether (sulfide) groups is 1. The van der Waals surface area contributed by atoms with E-state index in [4.69, 9.17) is 0 Å². The predicted octanol–water partition coefficient (Wildman–Crippen LogP) is 4.60. The fourth-order valence-electron chi connectivity index (χ4n) is 2.28. The molecule has 0 radical (unpaired) electrons. The first-order valence-corrected chi connectivity index (χ1v) is 6.91. The van der Waals surface area contributed by atoms with Crippen molar-refractivity contribution in [3.8, 4) is 0 Å². The number of hydrogen-bond donors (Lipinski definition) is 1. The topological polar surface area (TPSA) is 12.0 Å². The number of anilines is 1. The van der Waals surface area contributed by atoms with Gasteiger partial charge in [-0.25, -0.2) is 0 Å². The molecule has 1 N–H and O–H groups in total. The molecule has 4 heteroatoms. The van der Waals surface area contributed by atoms with E-state index in [2.05, 4.69) is 5.32 Å². The normalized spacial score (nSPS) is 16.6. The lowest BCUT2D eigenvalue weighted by Crippen LogP contribution is -2.11. The van der Waals surface area contributed by atoms with Crippen LogP contribution in [0.3, 0.4) is 0 Å². The average Bonchev–Trinajstić information content (AvgIpc) is 2.80. The highest BCUT2D eigenvalue weighted by atomic mass is 32.2. The lowest BCUT2D eigenvalue weighted by atomic mass is 10.1. The first-order chi connectivity index (χ1) is 8.25. The standard InChI is InChI=1S/C13H17F2NS/c14-13(15)17-12-8-4-3-7-11(12)16-9-10-5-1-2-6-10/h3-4,7-8,10,13,16H,1-2,5-6,9H2. The van der Waals surface area contributed by atoms with Crippen LogP contribution >= 0.6 is 11.8 Å². The highest BCUT2D eigenvalue weighted by molar-refractivity contribution is 7.99. The molecule has 1 aromatic carbocycles. The third-order valence-electron chi connectivity index (χ3n) is 3.16. The third kappa shape index (κ3) is 3.87. The summed E-state index contributed by atoms with van der Waals surface area (Å²) in [4.78, 5) is 0.639. The van der Waals surface area contributed by atoms with Gasteiger partial charge in [-0.3, -0.25) is 0 Å². The molecule has 0 saturated heterocycles. The molecule has 1 nitrogen and oxygen atoms in total. The van der Waals surface area contributed by atoms with Gasteiger partial charge in [0.2, 0.25) is 0 Å². The number of para-hydroxylation sites is 1. The zero-order chi connectivity index (χ0) is 12.1. The second kappa shape index (κ2) is 6.24. The number of nitrogens with one attached hydrogen (secondary N) is 1. The summed E-state index contributed by atoms with van der Waals surface area (Å²) in [7, 11) is 0. The Morgan fingerprint density at radius 2 is 1.94 bits per heavy atom. The molecule has 0 atom stereocenters. The van der Waals surface area contributed by atoms with E-state index in [9.17, 15) is 8.78 Å². The molecule has 0 aliphatic heterocycles. The average molecular weight is 257 g/mol. The molecule has 0 spiro atoms. The molecule has 0 unspecified atom stereocenters. The highest BCUT2D eigenvalue weighted by Crippen LogP contribution is 2.32. The molecule has 0 heterocycles. The maximum atomic E-state index is 12.4. The van der Waals surface area contributed by atoms with Gasteiger partial charge < -0.3 is 5.32 Å². The van der Waals surface area contributed by atoms with Crippen molar-refractivity contribution in [2.24, 2.45) is 5.92 Å². The van der Waals surface area contributed by atoms with Gasteiger partial charge in [-0.2, -0.15) is 8.78 Å². The Bertz CT molecular complexity index is 351. The molecule has 1 saturated carbocycles. The van der Waals surface area contributed by atoms with E-state index in [0.717, 1.165) is 12.2 Å². The number of halogens is 2. The Balaban J connectivity index is 1.94. The Labute approximate surface area is 105 Å². The van der Waals surface area contributed by atoms with Gasteiger partial charge in [0.1, 0.15) is 0 Å². The highest BCUT2D eigenvalue weighted by Gasteiger charge is 2.15. The molecule has 1 aliphatic carbocycles. The lowest BCUT2D eigenvalue weighted by molar-refractivity contribution is 0.252. The molecule has 0 amide bonds. The summed E-state index contributed by atoms with van der Waals surface area (Å²) >= 11 is 0.612. The van der Waals surface area contributed by atoms with Crippen LogP contribution in [0.5, 0.6) is 0 Å². The molecular weight excluding hydrogens is 240 g/mol. The van der Waals surface area contributed by atoms with E-state index in [1.54, 1.807) is 12.1 Å². The quantitative estimate of drug-likeness (QED) is 0.773. The van der Waals surface area contributed by atoms with Gasteiger partial charge in [0.05, 0.1) is 0 Å². The SMILES string of the molecule is FC(F)Sc1ccccc1NCC1CCCC1. The van der Waals surface area contributed by atoms with Crippen molar-refractivity contribution in [3.63, 3.8) is 0 Å². The molecule has 94 valence electrons. The fourth-order valence-corrected chi connectivity index (χ4v) is 2.90. The van der Waals surface area contributed by atoms with Crippen molar-refractivity contribution in [1.82, 2.24) is 0 Å². The molecule has 0 bridgehead atoms. The van der Waals surface area contributed by atoms with Crippen LogP contribution in [0.15, 0.2) is 29.2 Å². The van der Waals surface area contributed by atoms with Crippen molar-refractivity contribution in [2.45, 2.75) is 36.3 Å². The summed E-state index contributed by atoms with van der Waals surface area (Å²) in [5, 5.41) is 3.31. The minimum absolute atomic E-state index is 0.612. The van der Waals surface area contributed by atoms with Gasteiger partial charge in [0, 0.05) is 17.1 Å². The van der Waals surface area contributed by atoms with E-state index < -0.39 is 5.76 Å². The Hall–Kier alpha value is -0.770. The predicted molar refractivity (Wildman–Crippen MR) is 68.8 cm³/mol. The monoisotopic (exact) mass is 257 g/mol. The minimum Gasteiger partial charge on any atom is -0.384 e.